The number of halogens is 1. The van der Waals surface area contributed by atoms with Crippen molar-refractivity contribution in [3.05, 3.63) is 102 Å². The van der Waals surface area contributed by atoms with Gasteiger partial charge in [-0.3, -0.25) is 0 Å². The third kappa shape index (κ3) is 3.49. The van der Waals surface area contributed by atoms with Gasteiger partial charge in [0.15, 0.2) is 11.0 Å². The molecule has 0 aliphatic carbocycles. The minimum atomic E-state index is -0.254. The van der Waals surface area contributed by atoms with Crippen molar-refractivity contribution in [3.63, 3.8) is 0 Å². The Morgan fingerprint density at radius 3 is 2.46 bits per heavy atom. The van der Waals surface area contributed by atoms with Crippen LogP contribution in [-0.2, 0) is 7.05 Å². The summed E-state index contributed by atoms with van der Waals surface area (Å²) < 4.78 is 18.9. The van der Waals surface area contributed by atoms with Gasteiger partial charge in [-0.25, -0.2) is 13.9 Å². The molecule has 0 aliphatic heterocycles. The lowest BCUT2D eigenvalue weighted by Gasteiger charge is -2.07. The molecule has 4 aromatic carbocycles. The van der Waals surface area contributed by atoms with Crippen molar-refractivity contribution in [2.75, 3.05) is 0 Å². The minimum Gasteiger partial charge on any atom is -0.236 e. The number of fused-ring (bicyclic) bond motifs is 2. The molecule has 0 bridgehead atoms. The molecule has 6 rings (SSSR count). The molecule has 0 radical (unpaired) electrons. The third-order valence-corrected chi connectivity index (χ3v) is 7.40. The number of para-hydroxylation sites is 2. The molecule has 168 valence electrons. The Labute approximate surface area is 205 Å². The van der Waals surface area contributed by atoms with Crippen molar-refractivity contribution < 1.29 is 8.96 Å². The lowest BCUT2D eigenvalue weighted by Crippen LogP contribution is -2.30. The minimum absolute atomic E-state index is 0.254. The van der Waals surface area contributed by atoms with E-state index in [-0.39, 0.29) is 5.82 Å². The zero-order valence-electron chi connectivity index (χ0n) is 19.2. The fourth-order valence-electron chi connectivity index (χ4n) is 4.59. The molecule has 0 atom stereocenters. The first-order valence-corrected chi connectivity index (χ1v) is 12.0. The summed E-state index contributed by atoms with van der Waals surface area (Å²) in [5.41, 5.74) is 7.84. The second kappa shape index (κ2) is 8.15. The number of rotatable bonds is 3. The summed E-state index contributed by atoms with van der Waals surface area (Å²) in [4.78, 5) is 4.89. The Hall–Kier alpha value is -4.34. The maximum Gasteiger partial charge on any atom is 0.295 e. The van der Waals surface area contributed by atoms with E-state index in [0.29, 0.717) is 5.56 Å². The molecular formula is C29H20FN4S+. The molecule has 2 aromatic heterocycles. The molecule has 0 fully saturated rings. The summed E-state index contributed by atoms with van der Waals surface area (Å²) in [7, 11) is 2.08. The number of benzene rings is 4. The summed E-state index contributed by atoms with van der Waals surface area (Å²) in [6.45, 7) is 2.12. The highest BCUT2D eigenvalue weighted by Gasteiger charge is 2.27. The molecule has 0 N–H and O–H groups in total. The molecule has 0 saturated carbocycles. The van der Waals surface area contributed by atoms with Crippen LogP contribution < -0.4 is 4.57 Å². The molecule has 0 unspecified atom stereocenters. The van der Waals surface area contributed by atoms with Crippen LogP contribution in [0.2, 0.25) is 0 Å². The number of hydrogen-bond donors (Lipinski definition) is 0. The molecule has 4 nitrogen and oxygen atoms in total. The first kappa shape index (κ1) is 21.2. The van der Waals surface area contributed by atoms with E-state index in [4.69, 9.17) is 4.98 Å². The van der Waals surface area contributed by atoms with Gasteiger partial charge in [-0.1, -0.05) is 12.1 Å². The Morgan fingerprint density at radius 1 is 0.971 bits per heavy atom. The van der Waals surface area contributed by atoms with Crippen LogP contribution >= 0.6 is 11.3 Å². The number of nitrogens with zero attached hydrogens (tertiary/aromatic N) is 4. The fourth-order valence-corrected chi connectivity index (χ4v) is 5.65. The quantitative estimate of drug-likeness (QED) is 0.267. The first-order valence-electron chi connectivity index (χ1n) is 11.2. The van der Waals surface area contributed by atoms with Crippen LogP contribution in [0.3, 0.4) is 0 Å². The summed E-state index contributed by atoms with van der Waals surface area (Å²) in [5, 5.41) is 10.1. The second-order valence-corrected chi connectivity index (χ2v) is 9.56. The SMILES string of the molecule is Cc1cc2sc(-c3ccc(F)cc3)nc2cc1-c1n(-c2ccc(C#N)cc2)c2ccccc2[n+]1C. The standard InChI is InChI=1S/C29H20FN4S/c1-18-15-27-24(32-28(35-27)20-9-11-21(30)12-10-20)16-23(18)29-33(2)25-5-3-4-6-26(25)34(29)22-13-7-19(17-31)8-14-22/h3-16H,1-2H3/q+1. The molecule has 2 heterocycles. The van der Waals surface area contributed by atoms with Gasteiger partial charge in [0.25, 0.3) is 5.82 Å². The van der Waals surface area contributed by atoms with Crippen LogP contribution in [0.1, 0.15) is 11.1 Å². The molecule has 0 saturated heterocycles. The van der Waals surface area contributed by atoms with E-state index in [1.807, 2.05) is 36.4 Å². The predicted octanol–water partition coefficient (Wildman–Crippen LogP) is 6.72. The highest BCUT2D eigenvalue weighted by Crippen LogP contribution is 2.36. The largest absolute Gasteiger partial charge is 0.295 e. The monoisotopic (exact) mass is 475 g/mol. The van der Waals surface area contributed by atoms with Gasteiger partial charge in [0.05, 0.1) is 34.5 Å². The Morgan fingerprint density at radius 2 is 1.71 bits per heavy atom. The first-order chi connectivity index (χ1) is 17.0. The predicted molar refractivity (Wildman–Crippen MR) is 138 cm³/mol. The van der Waals surface area contributed by atoms with Crippen molar-refractivity contribution in [2.24, 2.45) is 7.05 Å². The van der Waals surface area contributed by atoms with Gasteiger partial charge in [-0.15, -0.1) is 11.3 Å². The second-order valence-electron chi connectivity index (χ2n) is 8.53. The van der Waals surface area contributed by atoms with Crippen molar-refractivity contribution >= 4 is 32.6 Å². The summed E-state index contributed by atoms with van der Waals surface area (Å²) in [6, 6.07) is 29.0. The van der Waals surface area contributed by atoms with Crippen LogP contribution in [0.15, 0.2) is 84.9 Å². The van der Waals surface area contributed by atoms with Gasteiger partial charge in [0.2, 0.25) is 0 Å². The maximum atomic E-state index is 13.4. The molecule has 0 aliphatic rings. The topological polar surface area (TPSA) is 45.5 Å². The smallest absolute Gasteiger partial charge is 0.236 e. The van der Waals surface area contributed by atoms with Crippen molar-refractivity contribution in [2.45, 2.75) is 6.92 Å². The van der Waals surface area contributed by atoms with Crippen LogP contribution in [0.5, 0.6) is 0 Å². The normalized spacial score (nSPS) is 11.3. The van der Waals surface area contributed by atoms with Crippen LogP contribution in [-0.4, -0.2) is 9.55 Å². The molecule has 6 heteroatoms. The fraction of sp³-hybridized carbons (Fsp3) is 0.0690. The average Bonchev–Trinajstić information content (AvgIpc) is 3.42. The molecule has 35 heavy (non-hydrogen) atoms. The lowest BCUT2D eigenvalue weighted by atomic mass is 10.1. The summed E-state index contributed by atoms with van der Waals surface area (Å²) in [6.07, 6.45) is 0. The van der Waals surface area contributed by atoms with E-state index in [2.05, 4.69) is 53.4 Å². The van der Waals surface area contributed by atoms with E-state index in [0.717, 1.165) is 54.5 Å². The summed E-state index contributed by atoms with van der Waals surface area (Å²) in [5.74, 6) is 0.780. The van der Waals surface area contributed by atoms with Gasteiger partial charge in [0.1, 0.15) is 16.5 Å². The van der Waals surface area contributed by atoms with E-state index in [1.165, 1.54) is 12.1 Å². The summed E-state index contributed by atoms with van der Waals surface area (Å²) >= 11 is 1.61. The number of imidazole rings is 1. The van der Waals surface area contributed by atoms with Crippen LogP contribution in [0.25, 0.3) is 48.9 Å². The number of thiazole rings is 1. The number of hydrogen-bond acceptors (Lipinski definition) is 3. The van der Waals surface area contributed by atoms with E-state index in [9.17, 15) is 9.65 Å². The van der Waals surface area contributed by atoms with Crippen LogP contribution in [0, 0.1) is 24.1 Å². The third-order valence-electron chi connectivity index (χ3n) is 6.33. The average molecular weight is 476 g/mol. The highest BCUT2D eigenvalue weighted by molar-refractivity contribution is 7.21. The van der Waals surface area contributed by atoms with Gasteiger partial charge < -0.3 is 0 Å². The maximum absolute atomic E-state index is 13.4. The van der Waals surface area contributed by atoms with E-state index in [1.54, 1.807) is 23.5 Å². The number of nitriles is 1. The Bertz CT molecular complexity index is 1770. The molecular weight excluding hydrogens is 455 g/mol. The van der Waals surface area contributed by atoms with Gasteiger partial charge >= 0.3 is 0 Å². The van der Waals surface area contributed by atoms with E-state index < -0.39 is 0 Å². The zero-order valence-corrected chi connectivity index (χ0v) is 20.0. The molecule has 6 aromatic rings. The van der Waals surface area contributed by atoms with Gasteiger partial charge in [0, 0.05) is 5.56 Å². The Balaban J connectivity index is 1.59. The number of aryl methyl sites for hydroxylation is 2. The highest BCUT2D eigenvalue weighted by atomic mass is 32.1. The van der Waals surface area contributed by atoms with Gasteiger partial charge in [-0.05, 0) is 85.3 Å². The Kier molecular flexibility index (Phi) is 4.94. The van der Waals surface area contributed by atoms with E-state index >= 15 is 0 Å². The van der Waals surface area contributed by atoms with Crippen molar-refractivity contribution in [3.8, 4) is 33.7 Å². The molecule has 0 amide bonds. The molecule has 0 spiro atoms. The van der Waals surface area contributed by atoms with Crippen LogP contribution in [0.4, 0.5) is 4.39 Å². The van der Waals surface area contributed by atoms with Crippen molar-refractivity contribution in [1.29, 1.82) is 5.26 Å². The van der Waals surface area contributed by atoms with Crippen molar-refractivity contribution in [1.82, 2.24) is 9.55 Å². The van der Waals surface area contributed by atoms with Gasteiger partial charge in [-0.2, -0.15) is 9.83 Å². The lowest BCUT2D eigenvalue weighted by molar-refractivity contribution is -0.633. The zero-order chi connectivity index (χ0) is 24.1. The number of aromatic nitrogens is 3.